The number of aromatic nitrogens is 3. The quantitative estimate of drug-likeness (QED) is 0.486. The zero-order valence-electron chi connectivity index (χ0n) is 20.8. The van der Waals surface area contributed by atoms with Crippen LogP contribution in [0.15, 0.2) is 53.8 Å². The number of halogens is 1. The maximum atomic E-state index is 13.6. The zero-order chi connectivity index (χ0) is 26.7. The van der Waals surface area contributed by atoms with Crippen molar-refractivity contribution in [1.82, 2.24) is 25.4 Å². The second-order valence-corrected chi connectivity index (χ2v) is 10.9. The highest BCUT2D eigenvalue weighted by Crippen LogP contribution is 2.32. The van der Waals surface area contributed by atoms with Gasteiger partial charge in [-0.3, -0.25) is 9.69 Å². The van der Waals surface area contributed by atoms with Gasteiger partial charge in [-0.2, -0.15) is 5.10 Å². The lowest BCUT2D eigenvalue weighted by Gasteiger charge is -2.33. The van der Waals surface area contributed by atoms with Crippen molar-refractivity contribution in [2.45, 2.75) is 37.3 Å². The average molecular weight is 529 g/mol. The van der Waals surface area contributed by atoms with Crippen LogP contribution >= 0.6 is 0 Å². The van der Waals surface area contributed by atoms with Crippen LogP contribution in [0.3, 0.4) is 0 Å². The summed E-state index contributed by atoms with van der Waals surface area (Å²) in [7, 11) is -1.98. The first-order valence-corrected chi connectivity index (χ1v) is 13.8. The molecule has 2 aromatic heterocycles. The molecule has 2 N–H and O–H groups in total. The summed E-state index contributed by atoms with van der Waals surface area (Å²) in [5, 5.41) is 10.0. The number of nitrogens with zero attached hydrogens (tertiary/aromatic N) is 4. The van der Waals surface area contributed by atoms with Crippen LogP contribution in [0.5, 0.6) is 0 Å². The molecule has 196 valence electrons. The molecule has 4 rings (SSSR count). The smallest absolute Gasteiger partial charge is 0.322 e. The number of hydrogen-bond acceptors (Lipinski definition) is 6. The lowest BCUT2D eigenvalue weighted by molar-refractivity contribution is -0.124. The van der Waals surface area contributed by atoms with E-state index in [9.17, 15) is 22.4 Å². The number of carbonyl (C=O) groups is 2. The molecular formula is C25H29FN6O4S. The van der Waals surface area contributed by atoms with E-state index in [1.165, 1.54) is 29.3 Å². The fourth-order valence-electron chi connectivity index (χ4n) is 4.46. The Morgan fingerprint density at radius 1 is 1.22 bits per heavy atom. The Balaban J connectivity index is 1.68. The molecule has 37 heavy (non-hydrogen) atoms. The Morgan fingerprint density at radius 2 is 1.95 bits per heavy atom. The first-order valence-electron chi connectivity index (χ1n) is 11.9. The molecule has 1 aliphatic heterocycles. The molecule has 2 atom stereocenters. The maximum Gasteiger partial charge on any atom is 0.322 e. The van der Waals surface area contributed by atoms with Crippen LogP contribution in [0.25, 0.3) is 5.69 Å². The Hall–Kier alpha value is -3.80. The van der Waals surface area contributed by atoms with Gasteiger partial charge in [0.05, 0.1) is 35.2 Å². The summed E-state index contributed by atoms with van der Waals surface area (Å²) in [6.45, 7) is 2.10. The minimum Gasteiger partial charge on any atom is -0.359 e. The topological polar surface area (TPSA) is 126 Å². The van der Waals surface area contributed by atoms with Crippen LogP contribution in [0, 0.1) is 11.7 Å². The van der Waals surface area contributed by atoms with Gasteiger partial charge < -0.3 is 10.6 Å². The second-order valence-electron chi connectivity index (χ2n) is 8.98. The molecule has 0 aliphatic carbocycles. The van der Waals surface area contributed by atoms with E-state index in [1.54, 1.807) is 36.1 Å². The molecule has 0 saturated heterocycles. The predicted octanol–water partition coefficient (Wildman–Crippen LogP) is 2.79. The third-order valence-corrected chi connectivity index (χ3v) is 7.31. The summed E-state index contributed by atoms with van der Waals surface area (Å²) in [5.74, 6) is -1.12. The number of carbonyl (C=O) groups excluding carboxylic acids is 2. The van der Waals surface area contributed by atoms with Crippen molar-refractivity contribution in [2.75, 3.05) is 24.7 Å². The number of hydrogen-bond donors (Lipinski definition) is 2. The van der Waals surface area contributed by atoms with Crippen LogP contribution in [0.4, 0.5) is 14.9 Å². The maximum absolute atomic E-state index is 13.6. The van der Waals surface area contributed by atoms with Crippen molar-refractivity contribution < 1.29 is 22.4 Å². The monoisotopic (exact) mass is 528 g/mol. The van der Waals surface area contributed by atoms with Crippen LogP contribution < -0.4 is 15.5 Å². The standard InChI is InChI=1S/C25H29FN6O4S/c1-4-5-20(16-10-11-28-23(13-16)37(3,35)36)30-25(34)31-15-17(24(33)27-2)12-21-22(31)14-29-32(21)19-8-6-18(26)7-9-19/h6-11,13-14,17,20H,4-5,12,15H2,1-3H3,(H,27,33)(H,30,34)/t17?,20-/m0/s1. The molecule has 1 unspecified atom stereocenters. The van der Waals surface area contributed by atoms with Gasteiger partial charge in [-0.1, -0.05) is 13.3 Å². The van der Waals surface area contributed by atoms with E-state index >= 15 is 0 Å². The van der Waals surface area contributed by atoms with Gasteiger partial charge in [0.1, 0.15) is 5.82 Å². The molecule has 3 amide bonds. The number of amides is 3. The van der Waals surface area contributed by atoms with Crippen LogP contribution in [-0.2, 0) is 21.1 Å². The molecule has 0 saturated carbocycles. The molecule has 0 fully saturated rings. The van der Waals surface area contributed by atoms with Crippen molar-refractivity contribution >= 4 is 27.5 Å². The van der Waals surface area contributed by atoms with Gasteiger partial charge in [0.25, 0.3) is 0 Å². The lowest BCUT2D eigenvalue weighted by atomic mass is 9.96. The van der Waals surface area contributed by atoms with Gasteiger partial charge in [-0.05, 0) is 48.4 Å². The van der Waals surface area contributed by atoms with Crippen molar-refractivity contribution in [3.05, 3.63) is 65.9 Å². The predicted molar refractivity (Wildman–Crippen MR) is 136 cm³/mol. The number of fused-ring (bicyclic) bond motifs is 1. The van der Waals surface area contributed by atoms with Crippen LogP contribution in [0.2, 0.25) is 0 Å². The summed E-state index contributed by atoms with van der Waals surface area (Å²) in [4.78, 5) is 31.7. The first-order chi connectivity index (χ1) is 17.6. The van der Waals surface area contributed by atoms with E-state index < -0.39 is 27.8 Å². The molecule has 0 bridgehead atoms. The molecule has 1 aliphatic rings. The Bertz CT molecular complexity index is 1410. The highest BCUT2D eigenvalue weighted by atomic mass is 32.2. The molecule has 1 aromatic carbocycles. The van der Waals surface area contributed by atoms with Gasteiger partial charge in [0.15, 0.2) is 14.9 Å². The molecular weight excluding hydrogens is 499 g/mol. The number of pyridine rings is 1. The first kappa shape index (κ1) is 26.3. The van der Waals surface area contributed by atoms with Gasteiger partial charge in [-0.15, -0.1) is 0 Å². The minimum atomic E-state index is -3.52. The minimum absolute atomic E-state index is 0.0686. The number of sulfone groups is 1. The molecule has 12 heteroatoms. The average Bonchev–Trinajstić information content (AvgIpc) is 3.31. The van der Waals surface area contributed by atoms with Crippen LogP contribution in [0.1, 0.15) is 37.1 Å². The van der Waals surface area contributed by atoms with Gasteiger partial charge in [-0.25, -0.2) is 27.3 Å². The third-order valence-electron chi connectivity index (χ3n) is 6.33. The van der Waals surface area contributed by atoms with E-state index in [1.807, 2.05) is 6.92 Å². The Morgan fingerprint density at radius 3 is 2.59 bits per heavy atom. The molecule has 0 spiro atoms. The molecule has 3 heterocycles. The number of urea groups is 1. The molecule has 10 nitrogen and oxygen atoms in total. The third kappa shape index (κ3) is 5.63. The Kier molecular flexibility index (Phi) is 7.58. The number of benzene rings is 1. The highest BCUT2D eigenvalue weighted by molar-refractivity contribution is 7.90. The summed E-state index contributed by atoms with van der Waals surface area (Å²) in [5.41, 5.74) is 2.42. The largest absolute Gasteiger partial charge is 0.359 e. The fourth-order valence-corrected chi connectivity index (χ4v) is 5.06. The highest BCUT2D eigenvalue weighted by Gasteiger charge is 2.36. The van der Waals surface area contributed by atoms with E-state index in [-0.39, 0.29) is 23.3 Å². The van der Waals surface area contributed by atoms with E-state index in [2.05, 4.69) is 20.7 Å². The van der Waals surface area contributed by atoms with Crippen molar-refractivity contribution in [1.29, 1.82) is 0 Å². The van der Waals surface area contributed by atoms with Gasteiger partial charge in [0.2, 0.25) is 5.91 Å². The summed E-state index contributed by atoms with van der Waals surface area (Å²) >= 11 is 0. The van der Waals surface area contributed by atoms with Crippen molar-refractivity contribution in [2.24, 2.45) is 5.92 Å². The summed E-state index contributed by atoms with van der Waals surface area (Å²) < 4.78 is 39.1. The molecule has 3 aromatic rings. The number of anilines is 1. The summed E-state index contributed by atoms with van der Waals surface area (Å²) in [6, 6.07) is 8.03. The number of nitrogens with one attached hydrogen (secondary N) is 2. The van der Waals surface area contributed by atoms with Crippen LogP contribution in [-0.4, -0.2) is 55.0 Å². The Labute approximate surface area is 214 Å². The normalized spacial score (nSPS) is 16.1. The fraction of sp³-hybridized carbons (Fsp3) is 0.360. The van der Waals surface area contributed by atoms with E-state index in [0.717, 1.165) is 12.7 Å². The van der Waals surface area contributed by atoms with Gasteiger partial charge >= 0.3 is 6.03 Å². The van der Waals surface area contributed by atoms with E-state index in [4.69, 9.17) is 0 Å². The van der Waals surface area contributed by atoms with E-state index in [0.29, 0.717) is 35.5 Å². The van der Waals surface area contributed by atoms with Crippen molar-refractivity contribution in [3.8, 4) is 5.69 Å². The van der Waals surface area contributed by atoms with Gasteiger partial charge in [0, 0.05) is 32.5 Å². The lowest BCUT2D eigenvalue weighted by Crippen LogP contribution is -2.49. The number of rotatable bonds is 7. The zero-order valence-corrected chi connectivity index (χ0v) is 21.6. The van der Waals surface area contributed by atoms with Crippen molar-refractivity contribution in [3.63, 3.8) is 0 Å². The SMILES string of the molecule is CCC[C@H](NC(=O)N1CC(C(=O)NC)Cc2c1cnn2-c1ccc(F)cc1)c1ccnc(S(C)(=O)=O)c1. The second kappa shape index (κ2) is 10.7. The summed E-state index contributed by atoms with van der Waals surface area (Å²) in [6.07, 6.45) is 5.69. The molecule has 0 radical (unpaired) electrons.